The van der Waals surface area contributed by atoms with Gasteiger partial charge in [-0.3, -0.25) is 4.98 Å². The first-order chi connectivity index (χ1) is 17.7. The predicted octanol–water partition coefficient (Wildman–Crippen LogP) is 5.38. The molecule has 0 aliphatic carbocycles. The number of hydrogen-bond donors (Lipinski definition) is 1. The maximum absolute atomic E-state index is 15.3. The third-order valence-electron chi connectivity index (χ3n) is 6.92. The average Bonchev–Trinajstić information content (AvgIpc) is 3.38. The second-order valence-corrected chi connectivity index (χ2v) is 10.5. The van der Waals surface area contributed by atoms with Crippen LogP contribution in [0.1, 0.15) is 52.1 Å². The normalized spacial score (nSPS) is 19.3. The highest BCUT2D eigenvalue weighted by Crippen LogP contribution is 2.43. The van der Waals surface area contributed by atoms with Gasteiger partial charge in [0.25, 0.3) is 0 Å². The molecule has 1 N–H and O–H groups in total. The van der Waals surface area contributed by atoms with E-state index in [-0.39, 0.29) is 17.5 Å². The van der Waals surface area contributed by atoms with Crippen molar-refractivity contribution in [3.8, 4) is 17.0 Å². The molecule has 2 atom stereocenters. The van der Waals surface area contributed by atoms with Crippen LogP contribution in [0.15, 0.2) is 36.7 Å². The molecular weight excluding hydrogens is 476 g/mol. The standard InChI is InChI=1S/C28H33F2N5O2/c1-5-17(2)35-16-28(3,4)37-27-22(29)10-18(11-24(27)35)26-23(30)14-32-25(34-26)12-19-6-7-20(13-31-19)33-21-8-9-36-15-21/h6-7,10-11,13-14,17,21,33H,5,8-9,12,15-16H2,1-4H3. The monoisotopic (exact) mass is 509 g/mol. The number of aromatic nitrogens is 3. The van der Waals surface area contributed by atoms with Gasteiger partial charge in [0.1, 0.15) is 17.1 Å². The van der Waals surface area contributed by atoms with Crippen molar-refractivity contribution in [1.29, 1.82) is 0 Å². The van der Waals surface area contributed by atoms with Gasteiger partial charge in [-0.2, -0.15) is 0 Å². The Bertz CT molecular complexity index is 1260. The van der Waals surface area contributed by atoms with E-state index in [0.29, 0.717) is 42.7 Å². The molecule has 4 heterocycles. The fraction of sp³-hybridized carbons (Fsp3) is 0.464. The molecule has 37 heavy (non-hydrogen) atoms. The Kier molecular flexibility index (Phi) is 6.98. The van der Waals surface area contributed by atoms with Gasteiger partial charge in [0.15, 0.2) is 17.4 Å². The first-order valence-corrected chi connectivity index (χ1v) is 12.8. The minimum absolute atomic E-state index is 0.0557. The van der Waals surface area contributed by atoms with Gasteiger partial charge in [0.2, 0.25) is 0 Å². The summed E-state index contributed by atoms with van der Waals surface area (Å²) in [5.41, 5.74) is 2.14. The van der Waals surface area contributed by atoms with Crippen molar-refractivity contribution in [3.63, 3.8) is 0 Å². The third-order valence-corrected chi connectivity index (χ3v) is 6.92. The van der Waals surface area contributed by atoms with Crippen LogP contribution in [0, 0.1) is 11.6 Å². The number of anilines is 2. The van der Waals surface area contributed by atoms with Crippen LogP contribution in [0.5, 0.6) is 5.75 Å². The van der Waals surface area contributed by atoms with Crippen LogP contribution in [0.25, 0.3) is 11.3 Å². The fourth-order valence-corrected chi connectivity index (χ4v) is 4.80. The van der Waals surface area contributed by atoms with E-state index in [4.69, 9.17) is 9.47 Å². The molecule has 0 spiro atoms. The molecule has 7 nitrogen and oxygen atoms in total. The minimum atomic E-state index is -0.610. The van der Waals surface area contributed by atoms with E-state index in [2.05, 4.69) is 39.0 Å². The van der Waals surface area contributed by atoms with Crippen LogP contribution >= 0.6 is 0 Å². The van der Waals surface area contributed by atoms with Crippen molar-refractivity contribution in [2.75, 3.05) is 30.0 Å². The highest BCUT2D eigenvalue weighted by molar-refractivity contribution is 5.72. The fourth-order valence-electron chi connectivity index (χ4n) is 4.80. The maximum Gasteiger partial charge on any atom is 0.179 e. The highest BCUT2D eigenvalue weighted by Gasteiger charge is 2.36. The number of nitrogens with zero attached hydrogens (tertiary/aromatic N) is 4. The van der Waals surface area contributed by atoms with Gasteiger partial charge in [-0.25, -0.2) is 18.7 Å². The van der Waals surface area contributed by atoms with Gasteiger partial charge in [0, 0.05) is 23.9 Å². The number of rotatable bonds is 7. The second kappa shape index (κ2) is 10.2. The highest BCUT2D eigenvalue weighted by atomic mass is 19.1. The van der Waals surface area contributed by atoms with Crippen LogP contribution in [-0.2, 0) is 11.2 Å². The molecule has 1 fully saturated rings. The van der Waals surface area contributed by atoms with Gasteiger partial charge in [-0.1, -0.05) is 6.92 Å². The van der Waals surface area contributed by atoms with Crippen LogP contribution in [0.2, 0.25) is 0 Å². The molecule has 2 aromatic heterocycles. The molecule has 2 unspecified atom stereocenters. The average molecular weight is 510 g/mol. The number of benzene rings is 1. The quantitative estimate of drug-likeness (QED) is 0.458. The summed E-state index contributed by atoms with van der Waals surface area (Å²) in [4.78, 5) is 15.3. The van der Waals surface area contributed by atoms with Crippen LogP contribution in [0.3, 0.4) is 0 Å². The van der Waals surface area contributed by atoms with Crippen molar-refractivity contribution >= 4 is 11.4 Å². The zero-order chi connectivity index (χ0) is 26.2. The topological polar surface area (TPSA) is 72.4 Å². The van der Waals surface area contributed by atoms with Gasteiger partial charge < -0.3 is 19.7 Å². The molecule has 2 aliphatic rings. The largest absolute Gasteiger partial charge is 0.481 e. The number of fused-ring (bicyclic) bond motifs is 1. The molecule has 1 saturated heterocycles. The molecule has 0 bridgehead atoms. The van der Waals surface area contributed by atoms with E-state index >= 15 is 4.39 Å². The number of ether oxygens (including phenoxy) is 2. The summed E-state index contributed by atoms with van der Waals surface area (Å²) in [5.74, 6) is -0.549. The number of pyridine rings is 1. The van der Waals surface area contributed by atoms with Crippen molar-refractivity contribution in [1.82, 2.24) is 15.0 Å². The third kappa shape index (κ3) is 5.51. The Morgan fingerprint density at radius 2 is 2.00 bits per heavy atom. The first kappa shape index (κ1) is 25.3. The molecule has 0 amide bonds. The number of hydrogen-bond acceptors (Lipinski definition) is 7. The number of halogens is 2. The van der Waals surface area contributed by atoms with Crippen LogP contribution < -0.4 is 15.0 Å². The summed E-state index contributed by atoms with van der Waals surface area (Å²) in [6, 6.07) is 7.35. The molecule has 5 rings (SSSR count). The van der Waals surface area contributed by atoms with Gasteiger partial charge >= 0.3 is 0 Å². The van der Waals surface area contributed by atoms with Crippen molar-refractivity contribution in [2.45, 2.75) is 64.6 Å². The lowest BCUT2D eigenvalue weighted by atomic mass is 10.00. The Labute approximate surface area is 216 Å². The minimum Gasteiger partial charge on any atom is -0.481 e. The van der Waals surface area contributed by atoms with Crippen LogP contribution in [0.4, 0.5) is 20.2 Å². The summed E-state index contributed by atoms with van der Waals surface area (Å²) >= 11 is 0. The summed E-state index contributed by atoms with van der Waals surface area (Å²) < 4.78 is 41.6. The maximum atomic E-state index is 15.3. The lowest BCUT2D eigenvalue weighted by Gasteiger charge is -2.44. The molecular formula is C28H33F2N5O2. The lowest BCUT2D eigenvalue weighted by Crippen LogP contribution is -2.50. The van der Waals surface area contributed by atoms with Gasteiger partial charge in [0.05, 0.1) is 49.4 Å². The molecule has 196 valence electrons. The molecule has 1 aromatic carbocycles. The van der Waals surface area contributed by atoms with Gasteiger partial charge in [-0.05, 0) is 57.9 Å². The smallest absolute Gasteiger partial charge is 0.179 e. The Hall–Kier alpha value is -3.33. The molecule has 0 radical (unpaired) electrons. The van der Waals surface area contributed by atoms with E-state index in [9.17, 15) is 4.39 Å². The van der Waals surface area contributed by atoms with E-state index in [1.807, 2.05) is 26.0 Å². The van der Waals surface area contributed by atoms with E-state index < -0.39 is 17.2 Å². The molecule has 2 aliphatic heterocycles. The second-order valence-electron chi connectivity index (χ2n) is 10.5. The lowest BCUT2D eigenvalue weighted by molar-refractivity contribution is 0.0960. The van der Waals surface area contributed by atoms with Gasteiger partial charge in [-0.15, -0.1) is 0 Å². The summed E-state index contributed by atoms with van der Waals surface area (Å²) in [6.45, 7) is 10.1. The zero-order valence-electron chi connectivity index (χ0n) is 21.7. The van der Waals surface area contributed by atoms with Crippen molar-refractivity contribution < 1.29 is 18.3 Å². The first-order valence-electron chi connectivity index (χ1n) is 12.8. The summed E-state index contributed by atoms with van der Waals surface area (Å²) in [6.07, 6.45) is 5.07. The van der Waals surface area contributed by atoms with Crippen molar-refractivity contribution in [3.05, 3.63) is 59.8 Å². The van der Waals surface area contributed by atoms with E-state index in [1.165, 1.54) is 6.07 Å². The zero-order valence-corrected chi connectivity index (χ0v) is 21.7. The molecule has 0 saturated carbocycles. The predicted molar refractivity (Wildman–Crippen MR) is 139 cm³/mol. The Morgan fingerprint density at radius 1 is 1.16 bits per heavy atom. The van der Waals surface area contributed by atoms with E-state index in [0.717, 1.165) is 37.0 Å². The van der Waals surface area contributed by atoms with E-state index in [1.54, 1.807) is 12.3 Å². The summed E-state index contributed by atoms with van der Waals surface area (Å²) in [7, 11) is 0. The number of nitrogens with one attached hydrogen (secondary N) is 1. The molecule has 9 heteroatoms. The molecule has 3 aromatic rings. The Balaban J connectivity index is 1.41. The summed E-state index contributed by atoms with van der Waals surface area (Å²) in [5, 5.41) is 3.40. The van der Waals surface area contributed by atoms with Crippen LogP contribution in [-0.4, -0.2) is 52.4 Å². The SMILES string of the molecule is CCC(C)N1CC(C)(C)Oc2c(F)cc(-c3nc(Cc4ccc(NC5CCOC5)cn4)ncc3F)cc21. The van der Waals surface area contributed by atoms with Crippen molar-refractivity contribution in [2.24, 2.45) is 0 Å². The Morgan fingerprint density at radius 3 is 2.70 bits per heavy atom.